The lowest BCUT2D eigenvalue weighted by Crippen LogP contribution is -2.50. The minimum atomic E-state index is -4.82. The Bertz CT molecular complexity index is 354. The van der Waals surface area contributed by atoms with Crippen LogP contribution in [0.5, 0.6) is 0 Å². The molecule has 0 rings (SSSR count). The Morgan fingerprint density at radius 3 is 2.00 bits per heavy atom. The first kappa shape index (κ1) is 16.2. The molecule has 0 radical (unpaired) electrons. The molecule has 0 spiro atoms. The van der Waals surface area contributed by atoms with Crippen LogP contribution in [-0.2, 0) is 19.4 Å². The summed E-state index contributed by atoms with van der Waals surface area (Å²) in [5.74, 6) is -1.35. The minimum Gasteiger partial charge on any atom is -0.388 e. The van der Waals surface area contributed by atoms with E-state index >= 15 is 0 Å². The van der Waals surface area contributed by atoms with Gasteiger partial charge in [-0.25, -0.2) is 4.18 Å². The molecule has 0 bridgehead atoms. The van der Waals surface area contributed by atoms with Crippen LogP contribution in [0, 0.1) is 0 Å². The number of aliphatic hydroxyl groups is 4. The van der Waals surface area contributed by atoms with E-state index in [4.69, 9.17) is 19.9 Å². The lowest BCUT2D eigenvalue weighted by molar-refractivity contribution is -0.145. The van der Waals surface area contributed by atoms with Crippen molar-refractivity contribution in [2.75, 3.05) is 6.61 Å². The zero-order valence-corrected chi connectivity index (χ0v) is 9.19. The fraction of sp³-hybridized carbons (Fsp3) is 0.833. The van der Waals surface area contributed by atoms with Gasteiger partial charge in [0.2, 0.25) is 5.91 Å². The summed E-state index contributed by atoms with van der Waals surface area (Å²) in [7, 11) is -4.82. The maximum Gasteiger partial charge on any atom is 0.397 e. The maximum atomic E-state index is 10.4. The smallest absolute Gasteiger partial charge is 0.388 e. The fourth-order valence-electron chi connectivity index (χ4n) is 0.837. The fourth-order valence-corrected chi connectivity index (χ4v) is 1.15. The van der Waals surface area contributed by atoms with Crippen molar-refractivity contribution in [2.24, 2.45) is 5.73 Å². The van der Waals surface area contributed by atoms with E-state index in [1.165, 1.54) is 0 Å². The molecule has 0 heterocycles. The van der Waals surface area contributed by atoms with Crippen LogP contribution in [-0.4, -0.2) is 70.3 Å². The highest BCUT2D eigenvalue weighted by molar-refractivity contribution is 7.80. The van der Waals surface area contributed by atoms with E-state index in [9.17, 15) is 18.3 Å². The summed E-state index contributed by atoms with van der Waals surface area (Å²) in [6.07, 6.45) is -8.35. The molecule has 0 aromatic rings. The van der Waals surface area contributed by atoms with E-state index in [1.807, 2.05) is 0 Å². The molecule has 0 saturated carbocycles. The molecule has 7 N–H and O–H groups in total. The Kier molecular flexibility index (Phi) is 5.91. The van der Waals surface area contributed by atoms with Crippen LogP contribution in [0.15, 0.2) is 0 Å². The van der Waals surface area contributed by atoms with Gasteiger partial charge in [0.15, 0.2) is 6.10 Å². The van der Waals surface area contributed by atoms with E-state index in [-0.39, 0.29) is 0 Å². The third kappa shape index (κ3) is 5.88. The van der Waals surface area contributed by atoms with Gasteiger partial charge in [-0.1, -0.05) is 0 Å². The van der Waals surface area contributed by atoms with Crippen molar-refractivity contribution >= 4 is 16.3 Å². The van der Waals surface area contributed by atoms with Gasteiger partial charge < -0.3 is 26.2 Å². The number of hydrogen-bond acceptors (Lipinski definition) is 8. The highest BCUT2D eigenvalue weighted by Crippen LogP contribution is 2.06. The number of nitrogens with two attached hydrogens (primary N) is 1. The summed E-state index contributed by atoms with van der Waals surface area (Å²) in [5.41, 5.74) is 4.61. The van der Waals surface area contributed by atoms with Crippen LogP contribution < -0.4 is 5.73 Å². The summed E-state index contributed by atoms with van der Waals surface area (Å²) in [4.78, 5) is 10.4. The number of primary amides is 1. The molecule has 17 heavy (non-hydrogen) atoms. The molecule has 0 aliphatic heterocycles. The average molecular weight is 275 g/mol. The van der Waals surface area contributed by atoms with Crippen molar-refractivity contribution in [3.8, 4) is 0 Å². The Morgan fingerprint density at radius 1 is 1.18 bits per heavy atom. The number of rotatable bonds is 7. The van der Waals surface area contributed by atoms with Gasteiger partial charge in [-0.2, -0.15) is 8.42 Å². The van der Waals surface area contributed by atoms with Crippen molar-refractivity contribution in [1.29, 1.82) is 0 Å². The largest absolute Gasteiger partial charge is 0.397 e. The van der Waals surface area contributed by atoms with Crippen LogP contribution >= 0.6 is 0 Å². The molecule has 0 aliphatic rings. The first-order valence-corrected chi connectivity index (χ1v) is 5.56. The lowest BCUT2D eigenvalue weighted by Gasteiger charge is -2.24. The molecule has 0 fully saturated rings. The predicted octanol–water partition coefficient (Wildman–Crippen LogP) is -4.27. The second-order valence-electron chi connectivity index (χ2n) is 3.11. The molecule has 0 unspecified atom stereocenters. The predicted molar refractivity (Wildman–Crippen MR) is 50.7 cm³/mol. The highest BCUT2D eigenvalue weighted by atomic mass is 32.3. The topological polar surface area (TPSA) is 188 Å². The van der Waals surface area contributed by atoms with Crippen molar-refractivity contribution in [3.63, 3.8) is 0 Å². The Labute approximate surface area is 96.2 Å². The summed E-state index contributed by atoms with van der Waals surface area (Å²) in [5, 5.41) is 36.4. The van der Waals surface area contributed by atoms with Gasteiger partial charge in [-0.3, -0.25) is 9.35 Å². The summed E-state index contributed by atoms with van der Waals surface area (Å²) >= 11 is 0. The molecule has 0 aromatic carbocycles. The molecule has 0 aliphatic carbocycles. The third-order valence-electron chi connectivity index (χ3n) is 1.75. The number of amides is 1. The van der Waals surface area contributed by atoms with Crippen LogP contribution in [0.3, 0.4) is 0 Å². The molecule has 11 heteroatoms. The van der Waals surface area contributed by atoms with Gasteiger partial charge in [0.1, 0.15) is 18.3 Å². The van der Waals surface area contributed by atoms with E-state index in [0.717, 1.165) is 0 Å². The summed E-state index contributed by atoms with van der Waals surface area (Å²) in [6.45, 7) is -1.08. The Balaban J connectivity index is 4.39. The third-order valence-corrected chi connectivity index (χ3v) is 2.18. The molecule has 0 saturated heterocycles. The standard InChI is InChI=1S/C6H13NO9S/c7-6(12)5(11)4(10)3(9)2(8)1-16-17(13,14)15/h2-5,8-11H,1H2,(H2,7,12)(H,13,14,15)/t2-,3-,4+,5-/m1/s1. The molecular formula is C6H13NO9S. The van der Waals surface area contributed by atoms with Crippen LogP contribution in [0.4, 0.5) is 0 Å². The maximum absolute atomic E-state index is 10.4. The Morgan fingerprint density at radius 2 is 1.65 bits per heavy atom. The molecule has 10 nitrogen and oxygen atoms in total. The summed E-state index contributed by atoms with van der Waals surface area (Å²) < 4.78 is 32.1. The van der Waals surface area contributed by atoms with E-state index in [0.29, 0.717) is 0 Å². The molecule has 4 atom stereocenters. The van der Waals surface area contributed by atoms with Crippen molar-refractivity contribution in [3.05, 3.63) is 0 Å². The minimum absolute atomic E-state index is 1.08. The zero-order valence-electron chi connectivity index (χ0n) is 8.37. The number of carbonyl (C=O) groups excluding carboxylic acids is 1. The second-order valence-corrected chi connectivity index (χ2v) is 4.20. The van der Waals surface area contributed by atoms with Gasteiger partial charge in [-0.15, -0.1) is 0 Å². The number of carbonyl (C=O) groups is 1. The van der Waals surface area contributed by atoms with Gasteiger partial charge in [0, 0.05) is 0 Å². The molecule has 102 valence electrons. The lowest BCUT2D eigenvalue weighted by atomic mass is 10.0. The second kappa shape index (κ2) is 6.20. The van der Waals surface area contributed by atoms with Crippen LogP contribution in [0.2, 0.25) is 0 Å². The van der Waals surface area contributed by atoms with Gasteiger partial charge in [-0.05, 0) is 0 Å². The number of hydrogen-bond donors (Lipinski definition) is 6. The molecule has 0 aromatic heterocycles. The van der Waals surface area contributed by atoms with Crippen molar-refractivity contribution in [2.45, 2.75) is 24.4 Å². The van der Waals surface area contributed by atoms with E-state index in [1.54, 1.807) is 0 Å². The first-order valence-electron chi connectivity index (χ1n) is 4.19. The average Bonchev–Trinajstić information content (AvgIpc) is 2.21. The normalized spacial score (nSPS) is 19.4. The quantitative estimate of drug-likeness (QED) is 0.250. The SMILES string of the molecule is NC(=O)[C@H](O)[C@@H](O)[C@H](O)[C@H](O)COS(=O)(=O)O. The van der Waals surface area contributed by atoms with Crippen LogP contribution in [0.25, 0.3) is 0 Å². The van der Waals surface area contributed by atoms with E-state index in [2.05, 4.69) is 9.92 Å². The highest BCUT2D eigenvalue weighted by Gasteiger charge is 2.33. The van der Waals surface area contributed by atoms with E-state index < -0.39 is 47.3 Å². The van der Waals surface area contributed by atoms with Gasteiger partial charge >= 0.3 is 10.4 Å². The van der Waals surface area contributed by atoms with Crippen molar-refractivity contribution in [1.82, 2.24) is 0 Å². The first-order chi connectivity index (χ1) is 7.56. The zero-order chi connectivity index (χ0) is 13.8. The molecule has 1 amide bonds. The Hall–Kier alpha value is -0.820. The summed E-state index contributed by atoms with van der Waals surface area (Å²) in [6, 6.07) is 0. The van der Waals surface area contributed by atoms with Gasteiger partial charge in [0.05, 0.1) is 6.61 Å². The van der Waals surface area contributed by atoms with Gasteiger partial charge in [0.25, 0.3) is 0 Å². The monoisotopic (exact) mass is 275 g/mol. The van der Waals surface area contributed by atoms with Crippen LogP contribution in [0.1, 0.15) is 0 Å². The molecular weight excluding hydrogens is 262 g/mol. The van der Waals surface area contributed by atoms with Crippen molar-refractivity contribution < 1.29 is 42.4 Å². The number of aliphatic hydroxyl groups excluding tert-OH is 4.